The second-order valence-electron chi connectivity index (χ2n) is 4.19. The second kappa shape index (κ2) is 6.59. The van der Waals surface area contributed by atoms with Crippen molar-refractivity contribution in [1.82, 2.24) is 5.32 Å². The Morgan fingerprint density at radius 3 is 2.40 bits per heavy atom. The second-order valence-corrected chi connectivity index (χ2v) is 4.19. The summed E-state index contributed by atoms with van der Waals surface area (Å²) in [5, 5.41) is 12.0. The Bertz CT molecular complexity index is 258. The highest BCUT2D eigenvalue weighted by molar-refractivity contribution is 5.20. The highest BCUT2D eigenvalue weighted by Crippen LogP contribution is 2.23. The minimum absolute atomic E-state index is 0.208. The molecule has 1 aromatic rings. The lowest BCUT2D eigenvalue weighted by molar-refractivity contribution is 0.288. The summed E-state index contributed by atoms with van der Waals surface area (Å²) in [6, 6.07) is 10.5. The number of hydrogen-bond donors (Lipinski definition) is 2. The fraction of sp³-hybridized carbons (Fsp3) is 0.538. The van der Waals surface area contributed by atoms with Gasteiger partial charge in [0.05, 0.1) is 6.61 Å². The van der Waals surface area contributed by atoms with Crippen molar-refractivity contribution in [3.8, 4) is 0 Å². The molecule has 0 bridgehead atoms. The first-order chi connectivity index (χ1) is 7.25. The number of aliphatic hydroxyl groups excluding tert-OH is 1. The van der Waals surface area contributed by atoms with Crippen LogP contribution in [-0.4, -0.2) is 24.8 Å². The molecule has 84 valence electrons. The zero-order valence-electron chi connectivity index (χ0n) is 9.61. The van der Waals surface area contributed by atoms with Crippen molar-refractivity contribution < 1.29 is 5.11 Å². The average molecular weight is 207 g/mol. The zero-order chi connectivity index (χ0) is 11.1. The topological polar surface area (TPSA) is 32.3 Å². The molecule has 0 aliphatic rings. The number of benzene rings is 1. The van der Waals surface area contributed by atoms with Crippen molar-refractivity contribution >= 4 is 0 Å². The van der Waals surface area contributed by atoms with Crippen LogP contribution in [0.25, 0.3) is 0 Å². The van der Waals surface area contributed by atoms with Gasteiger partial charge in [-0.15, -0.1) is 0 Å². The minimum atomic E-state index is 0.208. The van der Waals surface area contributed by atoms with E-state index < -0.39 is 0 Å². The fourth-order valence-corrected chi connectivity index (χ4v) is 1.78. The lowest BCUT2D eigenvalue weighted by Crippen LogP contribution is -2.27. The summed E-state index contributed by atoms with van der Waals surface area (Å²) in [5.74, 6) is 1.14. The molecule has 0 saturated carbocycles. The standard InChI is InChI=1S/C13H21NO/c1-11(2)13(10-14-8-9-15)12-6-4-3-5-7-12/h3-7,11,13-15H,8-10H2,1-2H3. The van der Waals surface area contributed by atoms with E-state index in [1.54, 1.807) is 0 Å². The van der Waals surface area contributed by atoms with Crippen LogP contribution in [0.4, 0.5) is 0 Å². The lowest BCUT2D eigenvalue weighted by Gasteiger charge is -2.21. The molecular weight excluding hydrogens is 186 g/mol. The first-order valence-corrected chi connectivity index (χ1v) is 5.62. The van der Waals surface area contributed by atoms with E-state index in [4.69, 9.17) is 5.11 Å². The summed E-state index contributed by atoms with van der Waals surface area (Å²) in [6.07, 6.45) is 0. The van der Waals surface area contributed by atoms with Gasteiger partial charge in [-0.2, -0.15) is 0 Å². The van der Waals surface area contributed by atoms with Crippen LogP contribution in [0.2, 0.25) is 0 Å². The van der Waals surface area contributed by atoms with Crippen LogP contribution in [-0.2, 0) is 0 Å². The molecule has 0 aliphatic carbocycles. The number of nitrogens with one attached hydrogen (secondary N) is 1. The molecule has 0 aliphatic heterocycles. The summed E-state index contributed by atoms with van der Waals surface area (Å²) in [7, 11) is 0. The van der Waals surface area contributed by atoms with Crippen LogP contribution in [0.15, 0.2) is 30.3 Å². The SMILES string of the molecule is CC(C)C(CNCCO)c1ccccc1. The van der Waals surface area contributed by atoms with E-state index in [1.165, 1.54) is 5.56 Å². The van der Waals surface area contributed by atoms with Crippen molar-refractivity contribution in [3.05, 3.63) is 35.9 Å². The molecule has 1 atom stereocenters. The van der Waals surface area contributed by atoms with Crippen LogP contribution in [0.1, 0.15) is 25.3 Å². The minimum Gasteiger partial charge on any atom is -0.395 e. The van der Waals surface area contributed by atoms with E-state index in [-0.39, 0.29) is 6.61 Å². The van der Waals surface area contributed by atoms with Crippen LogP contribution in [0.5, 0.6) is 0 Å². The molecule has 1 aromatic carbocycles. The van der Waals surface area contributed by atoms with Crippen LogP contribution < -0.4 is 5.32 Å². The highest BCUT2D eigenvalue weighted by atomic mass is 16.3. The largest absolute Gasteiger partial charge is 0.395 e. The summed E-state index contributed by atoms with van der Waals surface area (Å²) in [4.78, 5) is 0. The zero-order valence-corrected chi connectivity index (χ0v) is 9.61. The summed E-state index contributed by atoms with van der Waals surface area (Å²) < 4.78 is 0. The molecule has 0 spiro atoms. The van der Waals surface area contributed by atoms with E-state index in [2.05, 4.69) is 43.4 Å². The molecule has 1 unspecified atom stereocenters. The van der Waals surface area contributed by atoms with Gasteiger partial charge in [-0.3, -0.25) is 0 Å². The van der Waals surface area contributed by atoms with Gasteiger partial charge in [0.25, 0.3) is 0 Å². The van der Waals surface area contributed by atoms with Crippen molar-refractivity contribution in [2.75, 3.05) is 19.7 Å². The molecular formula is C13H21NO. The van der Waals surface area contributed by atoms with E-state index >= 15 is 0 Å². The number of hydrogen-bond acceptors (Lipinski definition) is 2. The number of aliphatic hydroxyl groups is 1. The third kappa shape index (κ3) is 4.02. The van der Waals surface area contributed by atoms with Gasteiger partial charge >= 0.3 is 0 Å². The number of rotatable bonds is 6. The van der Waals surface area contributed by atoms with Gasteiger partial charge in [0, 0.05) is 13.1 Å². The Morgan fingerprint density at radius 2 is 1.87 bits per heavy atom. The van der Waals surface area contributed by atoms with Crippen LogP contribution >= 0.6 is 0 Å². The third-order valence-corrected chi connectivity index (χ3v) is 2.69. The summed E-state index contributed by atoms with van der Waals surface area (Å²) in [5.41, 5.74) is 1.37. The van der Waals surface area contributed by atoms with E-state index in [9.17, 15) is 0 Å². The maximum absolute atomic E-state index is 8.73. The van der Waals surface area contributed by atoms with Crippen molar-refractivity contribution in [2.45, 2.75) is 19.8 Å². The van der Waals surface area contributed by atoms with Gasteiger partial charge in [0.15, 0.2) is 0 Å². The maximum atomic E-state index is 8.73. The maximum Gasteiger partial charge on any atom is 0.0555 e. The smallest absolute Gasteiger partial charge is 0.0555 e. The predicted octanol–water partition coefficient (Wildman–Crippen LogP) is 2.01. The van der Waals surface area contributed by atoms with Gasteiger partial charge in [-0.25, -0.2) is 0 Å². The first kappa shape index (κ1) is 12.2. The Hall–Kier alpha value is -0.860. The van der Waals surface area contributed by atoms with Crippen molar-refractivity contribution in [2.24, 2.45) is 5.92 Å². The monoisotopic (exact) mass is 207 g/mol. The Balaban J connectivity index is 2.58. The summed E-state index contributed by atoms with van der Waals surface area (Å²) in [6.45, 7) is 6.29. The molecule has 0 aromatic heterocycles. The van der Waals surface area contributed by atoms with Crippen LogP contribution in [0, 0.1) is 5.92 Å². The third-order valence-electron chi connectivity index (χ3n) is 2.69. The van der Waals surface area contributed by atoms with E-state index in [0.717, 1.165) is 6.54 Å². The highest BCUT2D eigenvalue weighted by Gasteiger charge is 2.14. The fourth-order valence-electron chi connectivity index (χ4n) is 1.78. The molecule has 2 N–H and O–H groups in total. The van der Waals surface area contributed by atoms with Gasteiger partial charge in [-0.05, 0) is 17.4 Å². The van der Waals surface area contributed by atoms with Gasteiger partial charge in [0.2, 0.25) is 0 Å². The molecule has 2 heteroatoms. The Morgan fingerprint density at radius 1 is 1.20 bits per heavy atom. The average Bonchev–Trinajstić information content (AvgIpc) is 2.25. The summed E-state index contributed by atoms with van der Waals surface area (Å²) >= 11 is 0. The molecule has 0 heterocycles. The molecule has 0 radical (unpaired) electrons. The van der Waals surface area contributed by atoms with Gasteiger partial charge < -0.3 is 10.4 Å². The van der Waals surface area contributed by atoms with Gasteiger partial charge in [-0.1, -0.05) is 44.2 Å². The Kier molecular flexibility index (Phi) is 5.37. The van der Waals surface area contributed by atoms with E-state index in [1.807, 2.05) is 6.07 Å². The molecule has 1 rings (SSSR count). The predicted molar refractivity (Wildman–Crippen MR) is 64.0 cm³/mol. The normalized spacial score (nSPS) is 13.1. The Labute approximate surface area is 92.3 Å². The molecule has 15 heavy (non-hydrogen) atoms. The van der Waals surface area contributed by atoms with E-state index in [0.29, 0.717) is 18.4 Å². The molecule has 0 amide bonds. The quantitative estimate of drug-likeness (QED) is 0.699. The van der Waals surface area contributed by atoms with Crippen LogP contribution in [0.3, 0.4) is 0 Å². The van der Waals surface area contributed by atoms with Crippen molar-refractivity contribution in [3.63, 3.8) is 0 Å². The molecule has 0 saturated heterocycles. The van der Waals surface area contributed by atoms with Crippen molar-refractivity contribution in [1.29, 1.82) is 0 Å². The molecule has 2 nitrogen and oxygen atoms in total. The lowest BCUT2D eigenvalue weighted by atomic mass is 9.88. The molecule has 0 fully saturated rings. The first-order valence-electron chi connectivity index (χ1n) is 5.62. The van der Waals surface area contributed by atoms with Gasteiger partial charge in [0.1, 0.15) is 0 Å².